The van der Waals surface area contributed by atoms with E-state index in [1.54, 1.807) is 12.0 Å². The molecule has 1 atom stereocenters. The lowest BCUT2D eigenvalue weighted by Crippen LogP contribution is -2.52. The quantitative estimate of drug-likeness (QED) is 0.930. The van der Waals surface area contributed by atoms with Crippen LogP contribution in [0.15, 0.2) is 48.5 Å². The average molecular weight is 338 g/mol. The third-order valence-corrected chi connectivity index (χ3v) is 4.44. The Kier molecular flexibility index (Phi) is 5.03. The lowest BCUT2D eigenvalue weighted by atomic mass is 10.00. The molecule has 25 heavy (non-hydrogen) atoms. The van der Waals surface area contributed by atoms with Crippen LogP contribution in [0.25, 0.3) is 0 Å². The summed E-state index contributed by atoms with van der Waals surface area (Å²) in [6, 6.07) is 14.6. The molecule has 3 rings (SSSR count). The number of methoxy groups -OCH3 is 1. The second-order valence-corrected chi connectivity index (χ2v) is 6.22. The lowest BCUT2D eigenvalue weighted by molar-refractivity contribution is -0.143. The Morgan fingerprint density at radius 3 is 2.48 bits per heavy atom. The summed E-state index contributed by atoms with van der Waals surface area (Å²) in [5, 5.41) is 2.86. The van der Waals surface area contributed by atoms with E-state index in [9.17, 15) is 9.59 Å². The van der Waals surface area contributed by atoms with Crippen LogP contribution in [0.5, 0.6) is 5.75 Å². The van der Waals surface area contributed by atoms with Crippen molar-refractivity contribution in [2.75, 3.05) is 20.2 Å². The highest BCUT2D eigenvalue weighted by Gasteiger charge is 2.34. The van der Waals surface area contributed by atoms with Gasteiger partial charge in [-0.1, -0.05) is 42.0 Å². The summed E-state index contributed by atoms with van der Waals surface area (Å²) in [6.45, 7) is 2.99. The minimum absolute atomic E-state index is 0.0504. The van der Waals surface area contributed by atoms with Crippen LogP contribution in [0.1, 0.15) is 22.7 Å². The zero-order valence-electron chi connectivity index (χ0n) is 14.5. The van der Waals surface area contributed by atoms with E-state index in [1.807, 2.05) is 55.5 Å². The number of piperazine rings is 1. The van der Waals surface area contributed by atoms with Gasteiger partial charge in [-0.25, -0.2) is 0 Å². The highest BCUT2D eigenvalue weighted by Crippen LogP contribution is 2.25. The predicted molar refractivity (Wildman–Crippen MR) is 95.3 cm³/mol. The standard InChI is InChI=1S/C20H22N2O3/c1-14-3-7-16(8-4-14)19-20(24)21-11-12-22(19)18(23)13-15-5-9-17(25-2)10-6-15/h3-10,19H,11-13H2,1-2H3,(H,21,24). The van der Waals surface area contributed by atoms with Crippen molar-refractivity contribution < 1.29 is 14.3 Å². The minimum atomic E-state index is -0.569. The van der Waals surface area contributed by atoms with Crippen LogP contribution < -0.4 is 10.1 Å². The molecule has 1 saturated heterocycles. The summed E-state index contributed by atoms with van der Waals surface area (Å²) in [4.78, 5) is 26.9. The number of carbonyl (C=O) groups excluding carboxylic acids is 2. The first-order valence-electron chi connectivity index (χ1n) is 8.35. The van der Waals surface area contributed by atoms with Crippen molar-refractivity contribution in [3.8, 4) is 5.75 Å². The summed E-state index contributed by atoms with van der Waals surface area (Å²) in [7, 11) is 1.61. The van der Waals surface area contributed by atoms with Crippen molar-refractivity contribution in [1.82, 2.24) is 10.2 Å². The summed E-state index contributed by atoms with van der Waals surface area (Å²) < 4.78 is 5.14. The van der Waals surface area contributed by atoms with Crippen LogP contribution in [0.3, 0.4) is 0 Å². The van der Waals surface area contributed by atoms with Crippen molar-refractivity contribution in [1.29, 1.82) is 0 Å². The third-order valence-electron chi connectivity index (χ3n) is 4.44. The number of carbonyl (C=O) groups is 2. The zero-order chi connectivity index (χ0) is 17.8. The van der Waals surface area contributed by atoms with E-state index in [4.69, 9.17) is 4.74 Å². The van der Waals surface area contributed by atoms with E-state index in [-0.39, 0.29) is 18.2 Å². The van der Waals surface area contributed by atoms with Gasteiger partial charge in [0.25, 0.3) is 0 Å². The van der Waals surface area contributed by atoms with Gasteiger partial charge < -0.3 is 15.0 Å². The molecule has 2 aromatic carbocycles. The SMILES string of the molecule is COc1ccc(CC(=O)N2CCNC(=O)C2c2ccc(C)cc2)cc1. The molecule has 0 aliphatic carbocycles. The topological polar surface area (TPSA) is 58.6 Å². The number of rotatable bonds is 4. The Hall–Kier alpha value is -2.82. The molecule has 1 fully saturated rings. The summed E-state index contributed by atoms with van der Waals surface area (Å²) in [5.74, 6) is 0.579. The molecular weight excluding hydrogens is 316 g/mol. The number of aryl methyl sites for hydroxylation is 1. The largest absolute Gasteiger partial charge is 0.497 e. The van der Waals surface area contributed by atoms with Crippen LogP contribution in [0.2, 0.25) is 0 Å². The van der Waals surface area contributed by atoms with E-state index >= 15 is 0 Å². The maximum Gasteiger partial charge on any atom is 0.247 e. The molecule has 5 heteroatoms. The summed E-state index contributed by atoms with van der Waals surface area (Å²) in [5.41, 5.74) is 2.86. The highest BCUT2D eigenvalue weighted by atomic mass is 16.5. The first-order chi connectivity index (χ1) is 12.1. The molecule has 0 bridgehead atoms. The minimum Gasteiger partial charge on any atom is -0.497 e. The van der Waals surface area contributed by atoms with E-state index in [0.29, 0.717) is 13.1 Å². The number of amides is 2. The molecule has 1 aliphatic heterocycles. The third kappa shape index (κ3) is 3.82. The maximum atomic E-state index is 12.8. The maximum absolute atomic E-state index is 12.8. The summed E-state index contributed by atoms with van der Waals surface area (Å²) >= 11 is 0. The normalized spacial score (nSPS) is 17.1. The molecule has 130 valence electrons. The van der Waals surface area contributed by atoms with Gasteiger partial charge in [-0.3, -0.25) is 9.59 Å². The predicted octanol–water partition coefficient (Wildman–Crippen LogP) is 2.25. The fraction of sp³-hybridized carbons (Fsp3) is 0.300. The van der Waals surface area contributed by atoms with Crippen LogP contribution >= 0.6 is 0 Å². The molecule has 0 radical (unpaired) electrons. The number of benzene rings is 2. The highest BCUT2D eigenvalue weighted by molar-refractivity contribution is 5.90. The first kappa shape index (κ1) is 17.0. The van der Waals surface area contributed by atoms with Gasteiger partial charge in [-0.2, -0.15) is 0 Å². The molecule has 1 unspecified atom stereocenters. The van der Waals surface area contributed by atoms with Gasteiger partial charge in [0.15, 0.2) is 0 Å². The monoisotopic (exact) mass is 338 g/mol. The second-order valence-electron chi connectivity index (χ2n) is 6.22. The van der Waals surface area contributed by atoms with Crippen LogP contribution in [-0.2, 0) is 16.0 Å². The molecule has 0 spiro atoms. The second kappa shape index (κ2) is 7.38. The van der Waals surface area contributed by atoms with E-state index in [1.165, 1.54) is 0 Å². The zero-order valence-corrected chi connectivity index (χ0v) is 14.5. The van der Waals surface area contributed by atoms with Gasteiger partial charge >= 0.3 is 0 Å². The van der Waals surface area contributed by atoms with Crippen LogP contribution in [0, 0.1) is 6.92 Å². The molecule has 5 nitrogen and oxygen atoms in total. The van der Waals surface area contributed by atoms with Crippen molar-refractivity contribution in [2.45, 2.75) is 19.4 Å². The number of hydrogen-bond acceptors (Lipinski definition) is 3. The van der Waals surface area contributed by atoms with Crippen molar-refractivity contribution in [2.24, 2.45) is 0 Å². The van der Waals surface area contributed by atoms with Gasteiger partial charge in [0.05, 0.1) is 13.5 Å². The fourth-order valence-electron chi connectivity index (χ4n) is 3.04. The molecule has 0 aromatic heterocycles. The number of ether oxygens (including phenoxy) is 1. The molecule has 1 aliphatic rings. The summed E-state index contributed by atoms with van der Waals surface area (Å²) in [6.07, 6.45) is 0.264. The van der Waals surface area contributed by atoms with E-state index < -0.39 is 6.04 Å². The number of nitrogens with zero attached hydrogens (tertiary/aromatic N) is 1. The molecule has 0 saturated carbocycles. The van der Waals surface area contributed by atoms with Crippen molar-refractivity contribution in [3.05, 3.63) is 65.2 Å². The van der Waals surface area contributed by atoms with Gasteiger partial charge in [0.1, 0.15) is 11.8 Å². The van der Waals surface area contributed by atoms with Gasteiger partial charge in [-0.15, -0.1) is 0 Å². The van der Waals surface area contributed by atoms with Gasteiger partial charge in [-0.05, 0) is 30.2 Å². The molecule has 2 aromatic rings. The molecule has 1 heterocycles. The van der Waals surface area contributed by atoms with E-state index in [0.717, 1.165) is 22.4 Å². The molecule has 1 N–H and O–H groups in total. The Balaban J connectivity index is 1.80. The smallest absolute Gasteiger partial charge is 0.247 e. The molecular formula is C20H22N2O3. The van der Waals surface area contributed by atoms with Crippen molar-refractivity contribution >= 4 is 11.8 Å². The van der Waals surface area contributed by atoms with Crippen molar-refractivity contribution in [3.63, 3.8) is 0 Å². The fourth-order valence-corrected chi connectivity index (χ4v) is 3.04. The van der Waals surface area contributed by atoms with Gasteiger partial charge in [0.2, 0.25) is 11.8 Å². The Labute approximate surface area is 147 Å². The van der Waals surface area contributed by atoms with Crippen LogP contribution in [-0.4, -0.2) is 36.9 Å². The Morgan fingerprint density at radius 2 is 1.84 bits per heavy atom. The van der Waals surface area contributed by atoms with Crippen LogP contribution in [0.4, 0.5) is 0 Å². The van der Waals surface area contributed by atoms with Gasteiger partial charge in [0, 0.05) is 13.1 Å². The number of nitrogens with one attached hydrogen (secondary N) is 1. The molecule has 2 amide bonds. The first-order valence-corrected chi connectivity index (χ1v) is 8.35. The number of hydrogen-bond donors (Lipinski definition) is 1. The average Bonchev–Trinajstić information content (AvgIpc) is 2.63. The van der Waals surface area contributed by atoms with E-state index in [2.05, 4.69) is 5.32 Å². The Morgan fingerprint density at radius 1 is 1.16 bits per heavy atom. The lowest BCUT2D eigenvalue weighted by Gasteiger charge is -2.35. The Bertz CT molecular complexity index is 754.